The summed E-state index contributed by atoms with van der Waals surface area (Å²) in [4.78, 5) is 0. The Labute approximate surface area is 65.3 Å². The van der Waals surface area contributed by atoms with Crippen LogP contribution in [0.3, 0.4) is 0 Å². The Morgan fingerprint density at radius 2 is 1.73 bits per heavy atom. The maximum Gasteiger partial charge on any atom is 0.619 e. The minimum Gasteiger partial charge on any atom is -0.237 e. The molecule has 0 heterocycles. The van der Waals surface area contributed by atoms with Gasteiger partial charge >= 0.3 is 9.08 Å². The van der Waals surface area contributed by atoms with Crippen LogP contribution in [0, 0.1) is 11.8 Å². The molecule has 2 fully saturated rings. The van der Waals surface area contributed by atoms with Gasteiger partial charge in [0.15, 0.2) is 0 Å². The molecular formula is C7H11F3Si. The molecule has 3 atom stereocenters. The van der Waals surface area contributed by atoms with Crippen molar-refractivity contribution in [3.05, 3.63) is 0 Å². The SMILES string of the molecule is F[Si](F)(F)C1CC2CCC1C2. The van der Waals surface area contributed by atoms with E-state index in [0.717, 1.165) is 19.3 Å². The van der Waals surface area contributed by atoms with Crippen molar-refractivity contribution in [2.45, 2.75) is 31.2 Å². The molecule has 0 aromatic rings. The van der Waals surface area contributed by atoms with Crippen LogP contribution in [0.15, 0.2) is 0 Å². The Hall–Kier alpha value is 0.00688. The van der Waals surface area contributed by atoms with Gasteiger partial charge in [0.25, 0.3) is 0 Å². The molecule has 2 saturated carbocycles. The first kappa shape index (κ1) is 7.65. The zero-order valence-electron chi connectivity index (χ0n) is 6.19. The lowest BCUT2D eigenvalue weighted by Gasteiger charge is -2.21. The molecule has 2 rings (SSSR count). The minimum atomic E-state index is -5.28. The van der Waals surface area contributed by atoms with Gasteiger partial charge in [0.1, 0.15) is 0 Å². The molecule has 64 valence electrons. The Morgan fingerprint density at radius 1 is 1.00 bits per heavy atom. The average Bonchev–Trinajstić information content (AvgIpc) is 2.42. The predicted molar refractivity (Wildman–Crippen MR) is 38.3 cm³/mol. The molecule has 4 heteroatoms. The van der Waals surface area contributed by atoms with Crippen molar-refractivity contribution in [2.75, 3.05) is 0 Å². The third-order valence-corrected chi connectivity index (χ3v) is 4.71. The van der Waals surface area contributed by atoms with Crippen LogP contribution in [0.1, 0.15) is 25.7 Å². The first-order valence-electron chi connectivity index (χ1n) is 4.14. The maximum atomic E-state index is 12.4. The van der Waals surface area contributed by atoms with Crippen molar-refractivity contribution < 1.29 is 12.3 Å². The number of fused-ring (bicyclic) bond motifs is 2. The number of rotatable bonds is 1. The number of hydrogen-bond donors (Lipinski definition) is 0. The highest BCUT2D eigenvalue weighted by molar-refractivity contribution is 6.60. The minimum absolute atomic E-state index is 0.0340. The van der Waals surface area contributed by atoms with Crippen LogP contribution in [0.25, 0.3) is 0 Å². The summed E-state index contributed by atoms with van der Waals surface area (Å²) < 4.78 is 37.1. The van der Waals surface area contributed by atoms with Crippen molar-refractivity contribution >= 4 is 9.08 Å². The van der Waals surface area contributed by atoms with Crippen molar-refractivity contribution in [3.63, 3.8) is 0 Å². The number of halogens is 3. The number of hydrogen-bond acceptors (Lipinski definition) is 0. The summed E-state index contributed by atoms with van der Waals surface area (Å²) >= 11 is 0. The Balaban J connectivity index is 2.08. The summed E-state index contributed by atoms with van der Waals surface area (Å²) in [7, 11) is -5.28. The van der Waals surface area contributed by atoms with Gasteiger partial charge in [-0.2, -0.15) is 0 Å². The quantitative estimate of drug-likeness (QED) is 0.430. The van der Waals surface area contributed by atoms with Crippen LogP contribution < -0.4 is 0 Å². The van der Waals surface area contributed by atoms with E-state index in [0.29, 0.717) is 12.3 Å². The third kappa shape index (κ3) is 1.21. The van der Waals surface area contributed by atoms with Gasteiger partial charge in [-0.05, 0) is 31.1 Å². The fourth-order valence-corrected chi connectivity index (χ4v) is 4.08. The molecule has 0 aliphatic heterocycles. The monoisotopic (exact) mass is 180 g/mol. The summed E-state index contributed by atoms with van der Waals surface area (Å²) in [5.41, 5.74) is -0.818. The summed E-state index contributed by atoms with van der Waals surface area (Å²) in [5, 5.41) is 0. The maximum absolute atomic E-state index is 12.4. The molecule has 0 saturated heterocycles. The molecule has 0 spiro atoms. The van der Waals surface area contributed by atoms with Gasteiger partial charge in [0.05, 0.1) is 0 Å². The lowest BCUT2D eigenvalue weighted by atomic mass is 10.0. The van der Waals surface area contributed by atoms with E-state index >= 15 is 0 Å². The van der Waals surface area contributed by atoms with Crippen LogP contribution in [0.4, 0.5) is 12.3 Å². The van der Waals surface area contributed by atoms with E-state index < -0.39 is 14.6 Å². The van der Waals surface area contributed by atoms with E-state index in [-0.39, 0.29) is 5.92 Å². The van der Waals surface area contributed by atoms with Crippen molar-refractivity contribution in [1.82, 2.24) is 0 Å². The van der Waals surface area contributed by atoms with Gasteiger partial charge < -0.3 is 0 Å². The highest BCUT2D eigenvalue weighted by Crippen LogP contribution is 2.56. The topological polar surface area (TPSA) is 0 Å². The van der Waals surface area contributed by atoms with Gasteiger partial charge in [0, 0.05) is 5.54 Å². The van der Waals surface area contributed by atoms with Gasteiger partial charge in [-0.15, -0.1) is 0 Å². The van der Waals surface area contributed by atoms with E-state index in [4.69, 9.17) is 0 Å². The largest absolute Gasteiger partial charge is 0.619 e. The predicted octanol–water partition coefficient (Wildman–Crippen LogP) is 3.02. The van der Waals surface area contributed by atoms with Crippen LogP contribution in [-0.2, 0) is 0 Å². The molecule has 3 unspecified atom stereocenters. The highest BCUT2D eigenvalue weighted by atomic mass is 28.5. The van der Waals surface area contributed by atoms with Gasteiger partial charge in [0.2, 0.25) is 0 Å². The van der Waals surface area contributed by atoms with Crippen LogP contribution in [0.2, 0.25) is 5.54 Å². The van der Waals surface area contributed by atoms with Gasteiger partial charge in [-0.3, -0.25) is 0 Å². The molecule has 0 amide bonds. The lowest BCUT2D eigenvalue weighted by Crippen LogP contribution is -2.28. The highest BCUT2D eigenvalue weighted by Gasteiger charge is 2.56. The molecule has 2 bridgehead atoms. The standard InChI is InChI=1S/C7H11F3Si/c8-11(9,10)7-4-5-1-2-6(7)3-5/h5-7H,1-4H2. The van der Waals surface area contributed by atoms with E-state index in [2.05, 4.69) is 0 Å². The molecule has 0 aromatic carbocycles. The Kier molecular flexibility index (Phi) is 1.56. The average molecular weight is 180 g/mol. The normalized spacial score (nSPS) is 43.4. The molecule has 2 aliphatic carbocycles. The molecule has 0 radical (unpaired) electrons. The smallest absolute Gasteiger partial charge is 0.237 e. The summed E-state index contributed by atoms with van der Waals surface area (Å²) in [6.45, 7) is 0. The second kappa shape index (κ2) is 2.25. The third-order valence-electron chi connectivity index (χ3n) is 3.16. The fraction of sp³-hybridized carbons (Fsp3) is 1.00. The van der Waals surface area contributed by atoms with Gasteiger partial charge in [-0.25, -0.2) is 12.3 Å². The Bertz CT molecular complexity index is 166. The fourth-order valence-electron chi connectivity index (χ4n) is 2.65. The first-order valence-corrected chi connectivity index (χ1v) is 5.85. The van der Waals surface area contributed by atoms with Crippen molar-refractivity contribution in [2.24, 2.45) is 11.8 Å². The summed E-state index contributed by atoms with van der Waals surface area (Å²) in [6, 6.07) is 0. The zero-order chi connectivity index (χ0) is 8.06. The van der Waals surface area contributed by atoms with Crippen molar-refractivity contribution in [1.29, 1.82) is 0 Å². The first-order chi connectivity index (χ1) is 5.07. The van der Waals surface area contributed by atoms with E-state index in [1.807, 2.05) is 0 Å². The summed E-state index contributed by atoms with van der Waals surface area (Å²) in [5.74, 6) is 0.464. The Morgan fingerprint density at radius 3 is 2.00 bits per heavy atom. The molecule has 0 aromatic heterocycles. The molecule has 11 heavy (non-hydrogen) atoms. The second-order valence-electron chi connectivity index (χ2n) is 3.82. The van der Waals surface area contributed by atoms with Crippen molar-refractivity contribution in [3.8, 4) is 0 Å². The molecular weight excluding hydrogens is 169 g/mol. The second-order valence-corrected chi connectivity index (χ2v) is 5.65. The molecule has 0 nitrogen and oxygen atoms in total. The van der Waals surface area contributed by atoms with E-state index in [1.165, 1.54) is 0 Å². The summed E-state index contributed by atoms with van der Waals surface area (Å²) in [6.07, 6.45) is 3.26. The van der Waals surface area contributed by atoms with E-state index in [1.54, 1.807) is 0 Å². The molecule has 0 N–H and O–H groups in total. The lowest BCUT2D eigenvalue weighted by molar-refractivity contribution is 0.361. The van der Waals surface area contributed by atoms with Crippen LogP contribution >= 0.6 is 0 Å². The van der Waals surface area contributed by atoms with Gasteiger partial charge in [-0.1, -0.05) is 6.42 Å². The molecule has 2 aliphatic rings. The zero-order valence-corrected chi connectivity index (χ0v) is 7.19. The van der Waals surface area contributed by atoms with Crippen LogP contribution in [0.5, 0.6) is 0 Å². The van der Waals surface area contributed by atoms with E-state index in [9.17, 15) is 12.3 Å². The van der Waals surface area contributed by atoms with Crippen LogP contribution in [-0.4, -0.2) is 9.08 Å².